The summed E-state index contributed by atoms with van der Waals surface area (Å²) in [7, 11) is 0. The average molecular weight is 312 g/mol. The van der Waals surface area contributed by atoms with Crippen LogP contribution in [-0.4, -0.2) is 0 Å². The molecule has 1 aromatic rings. The fourth-order valence-corrected chi connectivity index (χ4v) is 4.81. The van der Waals surface area contributed by atoms with E-state index < -0.39 is 16.5 Å². The van der Waals surface area contributed by atoms with E-state index in [0.717, 1.165) is 12.8 Å². The molecule has 3 heteroatoms. The zero-order valence-electron chi connectivity index (χ0n) is 12.8. The average Bonchev–Trinajstić information content (AvgIpc) is 2.49. The van der Waals surface area contributed by atoms with Gasteiger partial charge >= 0.3 is 114 Å². The molecule has 0 N–H and O–H groups in total. The zero-order chi connectivity index (χ0) is 15.3. The van der Waals surface area contributed by atoms with Gasteiger partial charge in [0.05, 0.1) is 0 Å². The van der Waals surface area contributed by atoms with Crippen molar-refractivity contribution in [2.24, 2.45) is 0 Å². The number of rotatable bonds is 9. The van der Waals surface area contributed by atoms with Crippen LogP contribution >= 0.6 is 0 Å². The fraction of sp³-hybridized carbons (Fsp3) is 0.529. The minimum atomic E-state index is -4.18. The van der Waals surface area contributed by atoms with Crippen molar-refractivity contribution in [2.45, 2.75) is 56.6 Å². The van der Waals surface area contributed by atoms with Crippen molar-refractivity contribution >= 4 is 3.87 Å². The van der Waals surface area contributed by atoms with Crippen molar-refractivity contribution in [2.75, 3.05) is 0 Å². The van der Waals surface area contributed by atoms with Crippen molar-refractivity contribution in [1.82, 2.24) is 0 Å². The molecule has 112 valence electrons. The van der Waals surface area contributed by atoms with Crippen LogP contribution in [-0.2, 0) is 23.2 Å². The van der Waals surface area contributed by atoms with Crippen molar-refractivity contribution in [3.8, 4) is 0 Å². The first-order valence-corrected chi connectivity index (χ1v) is 10.8. The molecule has 0 unspecified atom stereocenters. The van der Waals surface area contributed by atoms with Gasteiger partial charge in [-0.15, -0.1) is 13.2 Å². The van der Waals surface area contributed by atoms with Crippen LogP contribution in [0.3, 0.4) is 0 Å². The second-order valence-corrected chi connectivity index (χ2v) is 9.02. The van der Waals surface area contributed by atoms with E-state index in [0.29, 0.717) is 8.59 Å². The van der Waals surface area contributed by atoms with Gasteiger partial charge in [-0.3, -0.25) is 0 Å². The Bertz CT molecular complexity index is 424. The first-order valence-electron chi connectivity index (χ1n) is 7.63. The molecule has 0 atom stereocenters. The third kappa shape index (κ3) is 8.45. The van der Waals surface area contributed by atoms with Crippen LogP contribution < -0.4 is 3.87 Å². The number of hydrogen-bond acceptors (Lipinski definition) is 2. The Labute approximate surface area is 127 Å². The van der Waals surface area contributed by atoms with Gasteiger partial charge in [-0.25, -0.2) is 0 Å². The summed E-state index contributed by atoms with van der Waals surface area (Å²) >= 11 is -4.18. The minimum absolute atomic E-state index is 0.387. The normalized spacial score (nSPS) is 9.85. The van der Waals surface area contributed by atoms with Crippen LogP contribution in [0.15, 0.2) is 43.5 Å². The predicted molar refractivity (Wildman–Crippen MR) is 81.5 cm³/mol. The molecule has 1 aromatic carbocycles. The summed E-state index contributed by atoms with van der Waals surface area (Å²) in [4.78, 5) is 0. The summed E-state index contributed by atoms with van der Waals surface area (Å²) < 4.78 is 25.1. The van der Waals surface area contributed by atoms with E-state index in [2.05, 4.69) is 20.1 Å². The summed E-state index contributed by atoms with van der Waals surface area (Å²) in [6, 6.07) is 8.91. The molecule has 0 aliphatic heterocycles. The summed E-state index contributed by atoms with van der Waals surface area (Å²) in [6.45, 7) is 8.20. The van der Waals surface area contributed by atoms with Gasteiger partial charge in [-0.1, -0.05) is 0 Å². The Morgan fingerprint density at radius 2 is 1.35 bits per heavy atom. The SMILES string of the molecule is C=C.CCCCCCCC[CH2][Ti](=[O])(=[O])[c]1ccccc1. The van der Waals surface area contributed by atoms with E-state index in [4.69, 9.17) is 0 Å². The number of benzene rings is 1. The summed E-state index contributed by atoms with van der Waals surface area (Å²) in [5.41, 5.74) is 0. The van der Waals surface area contributed by atoms with E-state index in [9.17, 15) is 6.65 Å². The van der Waals surface area contributed by atoms with Crippen molar-refractivity contribution in [3.63, 3.8) is 0 Å². The van der Waals surface area contributed by atoms with Gasteiger partial charge in [0, 0.05) is 0 Å². The Hall–Kier alpha value is -0.726. The van der Waals surface area contributed by atoms with Gasteiger partial charge < -0.3 is 0 Å². The summed E-state index contributed by atoms with van der Waals surface area (Å²) in [6.07, 6.45) is 8.14. The van der Waals surface area contributed by atoms with E-state index in [-0.39, 0.29) is 0 Å². The van der Waals surface area contributed by atoms with Gasteiger partial charge in [0.15, 0.2) is 0 Å². The monoisotopic (exact) mass is 312 g/mol. The van der Waals surface area contributed by atoms with Crippen LogP contribution in [0.1, 0.15) is 51.9 Å². The first kappa shape index (κ1) is 19.3. The Balaban J connectivity index is 0.00000172. The van der Waals surface area contributed by atoms with Gasteiger partial charge in [0.1, 0.15) is 0 Å². The van der Waals surface area contributed by atoms with Gasteiger partial charge in [-0.2, -0.15) is 0 Å². The van der Waals surface area contributed by atoms with Crippen molar-refractivity contribution < 1.29 is 23.2 Å². The van der Waals surface area contributed by atoms with E-state index in [1.165, 1.54) is 32.1 Å². The molecule has 0 fully saturated rings. The van der Waals surface area contributed by atoms with Crippen LogP contribution in [0.2, 0.25) is 4.73 Å². The van der Waals surface area contributed by atoms with Crippen LogP contribution in [0.4, 0.5) is 0 Å². The molecule has 0 saturated heterocycles. The van der Waals surface area contributed by atoms with Gasteiger partial charge in [0.2, 0.25) is 0 Å². The molecule has 1 rings (SSSR count). The van der Waals surface area contributed by atoms with Crippen LogP contribution in [0.25, 0.3) is 0 Å². The van der Waals surface area contributed by atoms with Crippen LogP contribution in [0.5, 0.6) is 0 Å². The summed E-state index contributed by atoms with van der Waals surface area (Å²) in [5, 5.41) is 0. The Kier molecular flexibility index (Phi) is 11.6. The van der Waals surface area contributed by atoms with Gasteiger partial charge in [-0.05, 0) is 0 Å². The topological polar surface area (TPSA) is 34.1 Å². The molecule has 0 spiro atoms. The molecule has 0 amide bonds. The predicted octanol–water partition coefficient (Wildman–Crippen LogP) is 5.13. The molecule has 0 aliphatic rings. The second kappa shape index (κ2) is 12.0. The number of unbranched alkanes of at least 4 members (excludes halogenated alkanes) is 6. The fourth-order valence-electron chi connectivity index (χ4n) is 2.15. The quantitative estimate of drug-likeness (QED) is 0.360. The Morgan fingerprint density at radius 1 is 0.850 bits per heavy atom. The second-order valence-electron chi connectivity index (χ2n) is 4.99. The van der Waals surface area contributed by atoms with Crippen LogP contribution in [0, 0.1) is 0 Å². The molecule has 0 aliphatic carbocycles. The molecule has 20 heavy (non-hydrogen) atoms. The first-order chi connectivity index (χ1) is 9.67. The molecular formula is C17H28O2Ti. The third-order valence-electron chi connectivity index (χ3n) is 3.32. The molecule has 0 saturated carbocycles. The molecule has 0 heterocycles. The standard InChI is InChI=1S/C9H19.C6H5.C2H4.2O.Ti/c1-3-5-7-9-8-6-4-2;1-2-4-6-5-3-1;1-2;;;/h1,3-9H2,2H3;1-5H;1-2H2;;;. The van der Waals surface area contributed by atoms with Gasteiger partial charge in [0.25, 0.3) is 0 Å². The molecule has 0 radical (unpaired) electrons. The van der Waals surface area contributed by atoms with Crippen molar-refractivity contribution in [3.05, 3.63) is 43.5 Å². The molecule has 0 bridgehead atoms. The summed E-state index contributed by atoms with van der Waals surface area (Å²) in [5.74, 6) is 0. The van der Waals surface area contributed by atoms with E-state index in [1.807, 2.05) is 6.07 Å². The molecule has 0 aromatic heterocycles. The van der Waals surface area contributed by atoms with E-state index in [1.54, 1.807) is 24.3 Å². The zero-order valence-corrected chi connectivity index (χ0v) is 14.3. The van der Waals surface area contributed by atoms with Crippen molar-refractivity contribution in [1.29, 1.82) is 0 Å². The van der Waals surface area contributed by atoms with E-state index >= 15 is 0 Å². The molecule has 2 nitrogen and oxygen atoms in total. The maximum atomic E-state index is 12.1. The maximum absolute atomic E-state index is 12.1. The number of hydrogen-bond donors (Lipinski definition) is 0. The molecular weight excluding hydrogens is 284 g/mol. The Morgan fingerprint density at radius 3 is 1.90 bits per heavy atom. The third-order valence-corrected chi connectivity index (χ3v) is 6.80.